The minimum absolute atomic E-state index is 0.319. The van der Waals surface area contributed by atoms with Gasteiger partial charge in [0.2, 0.25) is 0 Å². The molecule has 4 heteroatoms. The summed E-state index contributed by atoms with van der Waals surface area (Å²) in [5.74, 6) is 0.653. The highest BCUT2D eigenvalue weighted by Gasteiger charge is 2.41. The van der Waals surface area contributed by atoms with E-state index < -0.39 is 6.10 Å². The van der Waals surface area contributed by atoms with Gasteiger partial charge in [0.15, 0.2) is 0 Å². The van der Waals surface area contributed by atoms with Crippen molar-refractivity contribution in [2.45, 2.75) is 49.2 Å². The maximum absolute atomic E-state index is 10.5. The normalized spacial score (nSPS) is 19.5. The smallest absolute Gasteiger partial charge is 0.0948 e. The molecule has 2 nitrogen and oxygen atoms in total. The molecule has 1 atom stereocenters. The van der Waals surface area contributed by atoms with Gasteiger partial charge in [0.25, 0.3) is 0 Å². The number of halogens is 1. The maximum atomic E-state index is 10.5. The van der Waals surface area contributed by atoms with E-state index in [0.717, 1.165) is 35.6 Å². The Morgan fingerprint density at radius 1 is 1.42 bits per heavy atom. The molecule has 1 fully saturated rings. The Bertz CT molecular complexity index is 405. The van der Waals surface area contributed by atoms with E-state index in [2.05, 4.69) is 0 Å². The van der Waals surface area contributed by atoms with Crippen LogP contribution in [0.15, 0.2) is 29.2 Å². The van der Waals surface area contributed by atoms with Gasteiger partial charge >= 0.3 is 0 Å². The number of ether oxygens (including phenoxy) is 1. The van der Waals surface area contributed by atoms with Crippen molar-refractivity contribution in [1.82, 2.24) is 0 Å². The predicted octanol–water partition coefficient (Wildman–Crippen LogP) is 4.14. The molecule has 0 heterocycles. The van der Waals surface area contributed by atoms with Crippen LogP contribution in [0.25, 0.3) is 0 Å². The van der Waals surface area contributed by atoms with Gasteiger partial charge in [-0.25, -0.2) is 0 Å². The molecule has 106 valence electrons. The Labute approximate surface area is 124 Å². The number of thioether (sulfide) groups is 1. The van der Waals surface area contributed by atoms with E-state index in [4.69, 9.17) is 16.3 Å². The molecule has 1 aromatic carbocycles. The van der Waals surface area contributed by atoms with Crippen LogP contribution in [0, 0.1) is 0 Å². The average molecular weight is 301 g/mol. The summed E-state index contributed by atoms with van der Waals surface area (Å²) in [6, 6.07) is 7.75. The van der Waals surface area contributed by atoms with E-state index in [0.29, 0.717) is 12.4 Å². The van der Waals surface area contributed by atoms with Gasteiger partial charge in [0, 0.05) is 22.3 Å². The van der Waals surface area contributed by atoms with Gasteiger partial charge in [-0.1, -0.05) is 30.5 Å². The molecular formula is C15H21ClO2S. The zero-order chi connectivity index (χ0) is 13.7. The Morgan fingerprint density at radius 3 is 2.79 bits per heavy atom. The summed E-state index contributed by atoms with van der Waals surface area (Å²) in [6.45, 7) is 2.66. The first-order chi connectivity index (χ1) is 9.16. The molecule has 1 aliphatic rings. The monoisotopic (exact) mass is 300 g/mol. The fraction of sp³-hybridized carbons (Fsp3) is 0.600. The highest BCUT2D eigenvalue weighted by atomic mass is 35.5. The van der Waals surface area contributed by atoms with Crippen LogP contribution >= 0.6 is 23.4 Å². The fourth-order valence-electron chi connectivity index (χ4n) is 2.72. The standard InChI is InChI=1S/C15H21ClO2S/c1-2-18-15(8-3-4-9-15)14(17)11-19-13-7-5-6-12(16)10-13/h5-7,10,14,17H,2-4,8-9,11H2,1H3. The van der Waals surface area contributed by atoms with Crippen LogP contribution < -0.4 is 0 Å². The molecule has 1 saturated carbocycles. The van der Waals surface area contributed by atoms with Crippen molar-refractivity contribution >= 4 is 23.4 Å². The van der Waals surface area contributed by atoms with Crippen molar-refractivity contribution in [2.24, 2.45) is 0 Å². The summed E-state index contributed by atoms with van der Waals surface area (Å²) in [5.41, 5.74) is -0.319. The largest absolute Gasteiger partial charge is 0.389 e. The van der Waals surface area contributed by atoms with Crippen LogP contribution in [0.5, 0.6) is 0 Å². The van der Waals surface area contributed by atoms with E-state index in [1.54, 1.807) is 11.8 Å². The second-order valence-corrected chi connectivity index (χ2v) is 6.52. The SMILES string of the molecule is CCOC1(C(O)CSc2cccc(Cl)c2)CCCC1. The van der Waals surface area contributed by atoms with Crippen molar-refractivity contribution in [3.8, 4) is 0 Å². The third-order valence-electron chi connectivity index (χ3n) is 3.69. The van der Waals surface area contributed by atoms with Gasteiger partial charge in [-0.05, 0) is 38.0 Å². The molecule has 0 saturated heterocycles. The van der Waals surface area contributed by atoms with Crippen LogP contribution in [-0.4, -0.2) is 29.2 Å². The summed E-state index contributed by atoms with van der Waals surface area (Å²) in [6.07, 6.45) is 3.83. The Kier molecular flexibility index (Phi) is 5.58. The fourth-order valence-corrected chi connectivity index (χ4v) is 4.01. The van der Waals surface area contributed by atoms with E-state index in [9.17, 15) is 5.11 Å². The molecular weight excluding hydrogens is 280 g/mol. The van der Waals surface area contributed by atoms with E-state index in [1.807, 2.05) is 31.2 Å². The summed E-state index contributed by atoms with van der Waals surface area (Å²) in [5, 5.41) is 11.2. The number of hydrogen-bond donors (Lipinski definition) is 1. The molecule has 1 aliphatic carbocycles. The lowest BCUT2D eigenvalue weighted by atomic mass is 9.95. The van der Waals surface area contributed by atoms with Crippen LogP contribution in [0.4, 0.5) is 0 Å². The van der Waals surface area contributed by atoms with Crippen molar-refractivity contribution in [3.63, 3.8) is 0 Å². The molecule has 0 radical (unpaired) electrons. The summed E-state index contributed by atoms with van der Waals surface area (Å²) < 4.78 is 5.87. The average Bonchev–Trinajstić information content (AvgIpc) is 2.86. The second-order valence-electron chi connectivity index (χ2n) is 4.99. The van der Waals surface area contributed by atoms with Gasteiger partial charge in [-0.3, -0.25) is 0 Å². The first kappa shape index (κ1) is 15.2. The molecule has 19 heavy (non-hydrogen) atoms. The van der Waals surface area contributed by atoms with Crippen LogP contribution in [0.3, 0.4) is 0 Å². The highest BCUT2D eigenvalue weighted by molar-refractivity contribution is 7.99. The number of rotatable bonds is 6. The van der Waals surface area contributed by atoms with Gasteiger partial charge in [-0.2, -0.15) is 0 Å². The number of hydrogen-bond acceptors (Lipinski definition) is 3. The van der Waals surface area contributed by atoms with E-state index in [-0.39, 0.29) is 5.60 Å². The zero-order valence-corrected chi connectivity index (χ0v) is 12.8. The third-order valence-corrected chi connectivity index (χ3v) is 5.00. The van der Waals surface area contributed by atoms with E-state index >= 15 is 0 Å². The second kappa shape index (κ2) is 6.98. The Morgan fingerprint density at radius 2 is 2.16 bits per heavy atom. The molecule has 1 aromatic rings. The molecule has 0 aromatic heterocycles. The summed E-state index contributed by atoms with van der Waals surface area (Å²) >= 11 is 7.60. The predicted molar refractivity (Wildman–Crippen MR) is 81.0 cm³/mol. The maximum Gasteiger partial charge on any atom is 0.0948 e. The molecule has 0 spiro atoms. The van der Waals surface area contributed by atoms with Gasteiger partial charge in [-0.15, -0.1) is 11.8 Å². The summed E-state index contributed by atoms with van der Waals surface area (Å²) in [4.78, 5) is 1.09. The lowest BCUT2D eigenvalue weighted by Gasteiger charge is -2.33. The zero-order valence-electron chi connectivity index (χ0n) is 11.3. The minimum Gasteiger partial charge on any atom is -0.389 e. The lowest BCUT2D eigenvalue weighted by Crippen LogP contribution is -2.44. The van der Waals surface area contributed by atoms with Gasteiger partial charge in [0.05, 0.1) is 11.7 Å². The van der Waals surface area contributed by atoms with E-state index in [1.165, 1.54) is 0 Å². The molecule has 0 aliphatic heterocycles. The first-order valence-electron chi connectivity index (χ1n) is 6.87. The molecule has 1 unspecified atom stereocenters. The van der Waals surface area contributed by atoms with Crippen molar-refractivity contribution in [2.75, 3.05) is 12.4 Å². The number of aliphatic hydroxyl groups is 1. The van der Waals surface area contributed by atoms with Crippen LogP contribution in [-0.2, 0) is 4.74 Å². The third kappa shape index (κ3) is 3.88. The van der Waals surface area contributed by atoms with Crippen LogP contribution in [0.2, 0.25) is 5.02 Å². The van der Waals surface area contributed by atoms with Crippen molar-refractivity contribution in [1.29, 1.82) is 0 Å². The minimum atomic E-state index is -0.418. The Hall–Kier alpha value is -0.220. The Balaban J connectivity index is 1.94. The van der Waals surface area contributed by atoms with Crippen LogP contribution in [0.1, 0.15) is 32.6 Å². The van der Waals surface area contributed by atoms with Gasteiger partial charge < -0.3 is 9.84 Å². The van der Waals surface area contributed by atoms with Gasteiger partial charge in [0.1, 0.15) is 0 Å². The molecule has 1 N–H and O–H groups in total. The molecule has 0 bridgehead atoms. The highest BCUT2D eigenvalue weighted by Crippen LogP contribution is 2.38. The number of benzene rings is 1. The van der Waals surface area contributed by atoms with Crippen molar-refractivity contribution < 1.29 is 9.84 Å². The number of aliphatic hydroxyl groups excluding tert-OH is 1. The van der Waals surface area contributed by atoms with Crippen molar-refractivity contribution in [3.05, 3.63) is 29.3 Å². The molecule has 0 amide bonds. The quantitative estimate of drug-likeness (QED) is 0.801. The lowest BCUT2D eigenvalue weighted by molar-refractivity contribution is -0.107. The molecule has 2 rings (SSSR count). The first-order valence-corrected chi connectivity index (χ1v) is 8.23. The topological polar surface area (TPSA) is 29.5 Å². The summed E-state index contributed by atoms with van der Waals surface area (Å²) in [7, 11) is 0.